The Morgan fingerprint density at radius 1 is 1.11 bits per heavy atom. The molecule has 1 fully saturated rings. The van der Waals surface area contributed by atoms with Crippen LogP contribution in [0.15, 0.2) is 48.4 Å². The van der Waals surface area contributed by atoms with Crippen LogP contribution in [0.5, 0.6) is 17.2 Å². The molecule has 1 saturated heterocycles. The van der Waals surface area contributed by atoms with E-state index in [9.17, 15) is 9.90 Å². The number of ether oxygens (including phenoxy) is 1. The van der Waals surface area contributed by atoms with E-state index in [-0.39, 0.29) is 18.2 Å². The number of fused-ring (bicyclic) bond motifs is 1. The first kappa shape index (κ1) is 25.4. The fourth-order valence-electron chi connectivity index (χ4n) is 5.64. The van der Waals surface area contributed by atoms with Gasteiger partial charge in [-0.1, -0.05) is 74.6 Å². The van der Waals surface area contributed by atoms with Gasteiger partial charge in [-0.3, -0.25) is 4.79 Å². The highest BCUT2D eigenvalue weighted by molar-refractivity contribution is 6.83. The van der Waals surface area contributed by atoms with Crippen molar-refractivity contribution in [1.82, 2.24) is 0 Å². The third kappa shape index (κ3) is 6.50. The fraction of sp³-hybridized carbons (Fsp3) is 0.444. The Kier molecular flexibility index (Phi) is 8.94. The molecule has 0 unspecified atom stereocenters. The number of hydrogen-bond donors (Lipinski definition) is 2. The lowest BCUT2D eigenvalue weighted by atomic mass is 9.36. The number of carbonyl (C=O) groups excluding carboxylic acids is 1. The van der Waals surface area contributed by atoms with E-state index in [0.29, 0.717) is 12.2 Å². The van der Waals surface area contributed by atoms with Crippen LogP contribution in [-0.2, 0) is 9.78 Å². The number of carbonyl (C=O) groups is 1. The minimum absolute atomic E-state index is 0.148. The Morgan fingerprint density at radius 2 is 1.89 bits per heavy atom. The maximum Gasteiger partial charge on any atom is 0.207 e. The van der Waals surface area contributed by atoms with Crippen LogP contribution in [0.3, 0.4) is 0 Å². The van der Waals surface area contributed by atoms with Crippen LogP contribution < -0.4 is 21.0 Å². The summed E-state index contributed by atoms with van der Waals surface area (Å²) in [5.41, 5.74) is 2.77. The van der Waals surface area contributed by atoms with Crippen LogP contribution in [0, 0.1) is 5.92 Å². The molecule has 2 aromatic carbocycles. The largest absolute Gasteiger partial charge is 0.508 e. The third-order valence-corrected chi connectivity index (χ3v) is 7.58. The summed E-state index contributed by atoms with van der Waals surface area (Å²) in [4.78, 5) is 22.2. The topological polar surface area (TPSA) is 91.0 Å². The van der Waals surface area contributed by atoms with Crippen molar-refractivity contribution < 1.29 is 24.5 Å². The van der Waals surface area contributed by atoms with Gasteiger partial charge >= 0.3 is 0 Å². The van der Waals surface area contributed by atoms with Gasteiger partial charge in [0.15, 0.2) is 11.5 Å². The van der Waals surface area contributed by atoms with Gasteiger partial charge in [-0.2, -0.15) is 5.90 Å². The highest BCUT2D eigenvalue weighted by Gasteiger charge is 2.32. The minimum atomic E-state index is 0.148. The standard InChI is InChI=1S/C27H35B2NO5/c1-2-25(32)24-19-29(27-23(24)5-3-6-26(27)34-35-30)15-4-14-28-16-11-20(12-17-28)13-18-33-22-9-7-21(31)8-10-22/h3,5-10,19-20,31H,2,4,11-18,30H2,1H3. The quantitative estimate of drug-likeness (QED) is 0.256. The summed E-state index contributed by atoms with van der Waals surface area (Å²) >= 11 is 0. The molecule has 184 valence electrons. The molecule has 2 aliphatic heterocycles. The van der Waals surface area contributed by atoms with Crippen molar-refractivity contribution in [2.75, 3.05) is 6.61 Å². The highest BCUT2D eigenvalue weighted by atomic mass is 17.3. The van der Waals surface area contributed by atoms with Crippen LogP contribution in [0.25, 0.3) is 5.57 Å². The monoisotopic (exact) mass is 475 g/mol. The van der Waals surface area contributed by atoms with Crippen molar-refractivity contribution in [1.29, 1.82) is 0 Å². The fourth-order valence-corrected chi connectivity index (χ4v) is 5.64. The second kappa shape index (κ2) is 12.3. The summed E-state index contributed by atoms with van der Waals surface area (Å²) in [6.45, 7) is 3.54. The average molecular weight is 475 g/mol. The number of phenols is 1. The minimum Gasteiger partial charge on any atom is -0.508 e. The molecule has 0 atom stereocenters. The van der Waals surface area contributed by atoms with E-state index in [4.69, 9.17) is 15.5 Å². The van der Waals surface area contributed by atoms with Gasteiger partial charge in [0.2, 0.25) is 6.71 Å². The maximum atomic E-state index is 12.5. The summed E-state index contributed by atoms with van der Waals surface area (Å²) in [5.74, 6) is 9.85. The van der Waals surface area contributed by atoms with E-state index in [2.05, 4.69) is 11.0 Å². The van der Waals surface area contributed by atoms with E-state index in [1.54, 1.807) is 12.1 Å². The van der Waals surface area contributed by atoms with Crippen molar-refractivity contribution in [3.05, 3.63) is 54.0 Å². The number of hydrogen-bond acceptors (Lipinski definition) is 6. The van der Waals surface area contributed by atoms with E-state index in [1.807, 2.05) is 37.3 Å². The zero-order valence-electron chi connectivity index (χ0n) is 20.6. The Labute approximate surface area is 208 Å². The molecule has 35 heavy (non-hydrogen) atoms. The molecule has 4 rings (SSSR count). The van der Waals surface area contributed by atoms with Crippen LogP contribution >= 0.6 is 0 Å². The first-order valence-corrected chi connectivity index (χ1v) is 12.9. The third-order valence-electron chi connectivity index (χ3n) is 7.58. The summed E-state index contributed by atoms with van der Waals surface area (Å²) < 4.78 is 5.83. The molecule has 2 heterocycles. The van der Waals surface area contributed by atoms with Gasteiger partial charge in [0, 0.05) is 12.0 Å². The van der Waals surface area contributed by atoms with Gasteiger partial charge in [0.25, 0.3) is 0 Å². The molecule has 0 aromatic heterocycles. The molecule has 0 amide bonds. The number of allylic oxidation sites excluding steroid dienone is 1. The van der Waals surface area contributed by atoms with E-state index >= 15 is 0 Å². The van der Waals surface area contributed by atoms with Crippen molar-refractivity contribution in [2.24, 2.45) is 11.8 Å². The number of benzene rings is 2. The van der Waals surface area contributed by atoms with Crippen molar-refractivity contribution in [3.63, 3.8) is 0 Å². The Bertz CT molecular complexity index is 1020. The second-order valence-corrected chi connectivity index (χ2v) is 9.81. The lowest BCUT2D eigenvalue weighted by molar-refractivity contribution is -0.210. The number of rotatable bonds is 12. The summed E-state index contributed by atoms with van der Waals surface area (Å²) in [5, 5.41) is 9.37. The van der Waals surface area contributed by atoms with Crippen LogP contribution in [0.4, 0.5) is 0 Å². The Balaban J connectivity index is 1.23. The SMILES string of the molecule is CCC(=O)C1=CB(CCCB2CCC(CCOc3ccc(O)cc3)CC2)c2c(OON)cccc21. The van der Waals surface area contributed by atoms with Crippen LogP contribution in [0.1, 0.15) is 44.6 Å². The Morgan fingerprint density at radius 3 is 2.60 bits per heavy atom. The normalized spacial score (nSPS) is 15.7. The molecule has 8 heteroatoms. The molecule has 0 bridgehead atoms. The van der Waals surface area contributed by atoms with Crippen molar-refractivity contribution >= 4 is 30.2 Å². The van der Waals surface area contributed by atoms with E-state index in [1.165, 1.54) is 31.8 Å². The average Bonchev–Trinajstić information content (AvgIpc) is 3.25. The molecule has 0 aliphatic carbocycles. The molecular formula is C27H35B2NO5. The summed E-state index contributed by atoms with van der Waals surface area (Å²) in [6.07, 6.45) is 9.95. The predicted octanol–water partition coefficient (Wildman–Crippen LogP) is 4.96. The van der Waals surface area contributed by atoms with Gasteiger partial charge in [0.05, 0.1) is 6.61 Å². The van der Waals surface area contributed by atoms with Gasteiger partial charge in [-0.05, 0) is 53.7 Å². The van der Waals surface area contributed by atoms with Crippen LogP contribution in [0.2, 0.25) is 25.3 Å². The molecule has 0 saturated carbocycles. The van der Waals surface area contributed by atoms with Gasteiger partial charge in [-0.25, -0.2) is 0 Å². The molecule has 0 spiro atoms. The number of phenolic OH excluding ortho intramolecular Hbond substituents is 1. The number of aromatic hydroxyl groups is 1. The van der Waals surface area contributed by atoms with Crippen molar-refractivity contribution in [3.8, 4) is 17.2 Å². The predicted molar refractivity (Wildman–Crippen MR) is 142 cm³/mol. The summed E-state index contributed by atoms with van der Waals surface area (Å²) in [7, 11) is 0. The molecule has 0 radical (unpaired) electrons. The van der Waals surface area contributed by atoms with Gasteiger partial charge in [0.1, 0.15) is 18.2 Å². The zero-order valence-corrected chi connectivity index (χ0v) is 20.6. The number of ketones is 1. The number of nitrogens with two attached hydrogens (primary N) is 1. The number of Topliss-reactive ketones (excluding diaryl/α,β-unsaturated/α-hetero) is 1. The smallest absolute Gasteiger partial charge is 0.207 e. The maximum absolute atomic E-state index is 12.5. The van der Waals surface area contributed by atoms with Crippen molar-refractivity contribution in [2.45, 2.75) is 64.3 Å². The Hall–Kier alpha value is -2.70. The van der Waals surface area contributed by atoms with E-state index < -0.39 is 0 Å². The molecule has 2 aliphatic rings. The lowest BCUT2D eigenvalue weighted by Gasteiger charge is -2.26. The molecular weight excluding hydrogens is 440 g/mol. The first-order chi connectivity index (χ1) is 17.1. The van der Waals surface area contributed by atoms with Gasteiger partial charge in [-0.15, -0.1) is 0 Å². The molecule has 3 N–H and O–H groups in total. The molecule has 2 aromatic rings. The molecule has 6 nitrogen and oxygen atoms in total. The lowest BCUT2D eigenvalue weighted by Crippen LogP contribution is -2.30. The van der Waals surface area contributed by atoms with E-state index in [0.717, 1.165) is 60.7 Å². The second-order valence-electron chi connectivity index (χ2n) is 9.81. The van der Waals surface area contributed by atoms with Gasteiger partial charge < -0.3 is 14.7 Å². The summed E-state index contributed by atoms with van der Waals surface area (Å²) in [6, 6.07) is 12.6. The highest BCUT2D eigenvalue weighted by Crippen LogP contribution is 2.32. The first-order valence-electron chi connectivity index (χ1n) is 12.9. The van der Waals surface area contributed by atoms with Crippen LogP contribution in [-0.4, -0.2) is 30.9 Å². The zero-order chi connectivity index (χ0) is 24.6.